The van der Waals surface area contributed by atoms with Crippen molar-refractivity contribution in [3.63, 3.8) is 0 Å². The first-order valence-corrected chi connectivity index (χ1v) is 4.42. The van der Waals surface area contributed by atoms with Gasteiger partial charge in [-0.15, -0.1) is 25.6 Å². The zero-order chi connectivity index (χ0) is 10.3. The Labute approximate surface area is 94.1 Å². The van der Waals surface area contributed by atoms with Gasteiger partial charge in [0, 0.05) is 5.56 Å². The molecule has 14 heavy (non-hydrogen) atoms. The lowest BCUT2D eigenvalue weighted by atomic mass is 10.2. The summed E-state index contributed by atoms with van der Waals surface area (Å²) in [7, 11) is 6.60. The highest BCUT2D eigenvalue weighted by Crippen LogP contribution is 2.04. The van der Waals surface area contributed by atoms with Crippen LogP contribution in [0.3, 0.4) is 0 Å². The van der Waals surface area contributed by atoms with E-state index in [1.165, 1.54) is 5.56 Å². The fourth-order valence-electron chi connectivity index (χ4n) is 1.13. The zero-order valence-corrected chi connectivity index (χ0v) is 10.2. The molecule has 1 nitrogen and oxygen atoms in total. The summed E-state index contributed by atoms with van der Waals surface area (Å²) in [6.07, 6.45) is 0. The van der Waals surface area contributed by atoms with Gasteiger partial charge in [-0.3, -0.25) is 0 Å². The first-order valence-electron chi connectivity index (χ1n) is 4.42. The average molecular weight is 215 g/mol. The highest BCUT2D eigenvalue weighted by atomic mass is 35.5. The Kier molecular flexibility index (Phi) is 8.51. The molecule has 0 fully saturated rings. The van der Waals surface area contributed by atoms with Gasteiger partial charge >= 0.3 is 0 Å². The molecular weight excluding hydrogens is 194 g/mol. The standard InChI is InChI=1S/C10H16N.C2H4.ClH/c1-11(2,3)9-10-7-5-4-6-8-10;1-2;/h4-8H,9H2,1-3H3;1-2H2;1H/q+1;;. The van der Waals surface area contributed by atoms with E-state index < -0.39 is 0 Å². The third-order valence-corrected chi connectivity index (χ3v) is 1.50. The second-order valence-corrected chi connectivity index (χ2v) is 3.93. The molecule has 1 rings (SSSR count). The lowest BCUT2D eigenvalue weighted by Crippen LogP contribution is -2.33. The Bertz CT molecular complexity index is 226. The van der Waals surface area contributed by atoms with Gasteiger partial charge in [0.15, 0.2) is 0 Å². The quantitative estimate of drug-likeness (QED) is 0.524. The van der Waals surface area contributed by atoms with Crippen molar-refractivity contribution in [2.24, 2.45) is 0 Å². The minimum absolute atomic E-state index is 0. The molecule has 80 valence electrons. The molecule has 0 aliphatic carbocycles. The van der Waals surface area contributed by atoms with Gasteiger partial charge in [0.25, 0.3) is 0 Å². The van der Waals surface area contributed by atoms with Crippen LogP contribution in [-0.4, -0.2) is 25.6 Å². The molecule has 0 saturated heterocycles. The van der Waals surface area contributed by atoms with Crippen molar-refractivity contribution in [1.29, 1.82) is 0 Å². The van der Waals surface area contributed by atoms with E-state index in [9.17, 15) is 0 Å². The zero-order valence-electron chi connectivity index (χ0n) is 9.36. The van der Waals surface area contributed by atoms with Gasteiger partial charge < -0.3 is 4.48 Å². The summed E-state index contributed by atoms with van der Waals surface area (Å²) in [6.45, 7) is 7.10. The van der Waals surface area contributed by atoms with E-state index in [1.54, 1.807) is 0 Å². The second kappa shape index (κ2) is 7.60. The summed E-state index contributed by atoms with van der Waals surface area (Å²) in [5.74, 6) is 0. The Balaban J connectivity index is 0. The average Bonchev–Trinajstić information content (AvgIpc) is 2.07. The molecule has 0 unspecified atom stereocenters. The molecule has 0 amide bonds. The summed E-state index contributed by atoms with van der Waals surface area (Å²) in [4.78, 5) is 0. The normalized spacial score (nSPS) is 9.36. The smallest absolute Gasteiger partial charge is 0.104 e. The summed E-state index contributed by atoms with van der Waals surface area (Å²) >= 11 is 0. The minimum Gasteiger partial charge on any atom is -0.327 e. The molecular formula is C12H21ClN+. The van der Waals surface area contributed by atoms with Gasteiger partial charge in [-0.05, 0) is 0 Å². The van der Waals surface area contributed by atoms with Crippen molar-refractivity contribution < 1.29 is 4.48 Å². The largest absolute Gasteiger partial charge is 0.327 e. The number of quaternary nitrogens is 1. The number of hydrogen-bond donors (Lipinski definition) is 0. The van der Waals surface area contributed by atoms with Crippen LogP contribution in [0.2, 0.25) is 0 Å². The van der Waals surface area contributed by atoms with E-state index >= 15 is 0 Å². The van der Waals surface area contributed by atoms with E-state index in [2.05, 4.69) is 64.6 Å². The van der Waals surface area contributed by atoms with Crippen LogP contribution in [0.5, 0.6) is 0 Å². The lowest BCUT2D eigenvalue weighted by molar-refractivity contribution is -0.884. The van der Waals surface area contributed by atoms with Crippen molar-refractivity contribution >= 4 is 12.4 Å². The monoisotopic (exact) mass is 214 g/mol. The fourth-order valence-corrected chi connectivity index (χ4v) is 1.13. The molecule has 0 aliphatic rings. The van der Waals surface area contributed by atoms with E-state index in [4.69, 9.17) is 0 Å². The van der Waals surface area contributed by atoms with Gasteiger partial charge in [-0.2, -0.15) is 0 Å². The highest BCUT2D eigenvalue weighted by molar-refractivity contribution is 5.85. The first-order chi connectivity index (χ1) is 6.08. The summed E-state index contributed by atoms with van der Waals surface area (Å²) in [5.41, 5.74) is 1.40. The number of hydrogen-bond acceptors (Lipinski definition) is 0. The van der Waals surface area contributed by atoms with Gasteiger partial charge in [0.2, 0.25) is 0 Å². The number of halogens is 1. The van der Waals surface area contributed by atoms with Crippen LogP contribution in [0.15, 0.2) is 43.5 Å². The maximum atomic E-state index is 3.00. The van der Waals surface area contributed by atoms with Crippen LogP contribution >= 0.6 is 12.4 Å². The molecule has 0 heterocycles. The van der Waals surface area contributed by atoms with Crippen LogP contribution in [0.1, 0.15) is 5.56 Å². The van der Waals surface area contributed by atoms with Crippen molar-refractivity contribution in [3.05, 3.63) is 49.1 Å². The summed E-state index contributed by atoms with van der Waals surface area (Å²) in [6, 6.07) is 10.6. The van der Waals surface area contributed by atoms with Crippen molar-refractivity contribution in [2.75, 3.05) is 21.1 Å². The van der Waals surface area contributed by atoms with Crippen LogP contribution in [0, 0.1) is 0 Å². The molecule has 2 heteroatoms. The van der Waals surface area contributed by atoms with Gasteiger partial charge in [-0.1, -0.05) is 30.3 Å². The molecule has 0 aromatic heterocycles. The molecule has 0 N–H and O–H groups in total. The van der Waals surface area contributed by atoms with Gasteiger partial charge in [0.05, 0.1) is 21.1 Å². The van der Waals surface area contributed by atoms with Crippen LogP contribution in [-0.2, 0) is 6.54 Å². The molecule has 0 aliphatic heterocycles. The number of nitrogens with zero attached hydrogens (tertiary/aromatic N) is 1. The van der Waals surface area contributed by atoms with Crippen LogP contribution in [0.25, 0.3) is 0 Å². The third kappa shape index (κ3) is 7.84. The first kappa shape index (κ1) is 15.7. The molecule has 0 spiro atoms. The Morgan fingerprint density at radius 3 is 1.79 bits per heavy atom. The maximum Gasteiger partial charge on any atom is 0.104 e. The van der Waals surface area contributed by atoms with E-state index in [0.717, 1.165) is 11.0 Å². The lowest BCUT2D eigenvalue weighted by Gasteiger charge is -2.23. The second-order valence-electron chi connectivity index (χ2n) is 3.93. The van der Waals surface area contributed by atoms with Gasteiger partial charge in [0.1, 0.15) is 6.54 Å². The van der Waals surface area contributed by atoms with Crippen LogP contribution in [0.4, 0.5) is 0 Å². The Hall–Kier alpha value is -0.790. The van der Waals surface area contributed by atoms with E-state index in [0.29, 0.717) is 0 Å². The van der Waals surface area contributed by atoms with E-state index in [-0.39, 0.29) is 12.4 Å². The predicted molar refractivity (Wildman–Crippen MR) is 66.7 cm³/mol. The molecule has 1 aromatic carbocycles. The molecule has 0 bridgehead atoms. The minimum atomic E-state index is 0. The molecule has 0 atom stereocenters. The molecule has 0 radical (unpaired) electrons. The van der Waals surface area contributed by atoms with Gasteiger partial charge in [-0.25, -0.2) is 0 Å². The predicted octanol–water partition coefficient (Wildman–Crippen LogP) is 3.12. The van der Waals surface area contributed by atoms with Crippen molar-refractivity contribution in [3.8, 4) is 0 Å². The summed E-state index contributed by atoms with van der Waals surface area (Å²) < 4.78 is 0.990. The fraction of sp³-hybridized carbons (Fsp3) is 0.333. The molecule has 0 saturated carbocycles. The molecule has 1 aromatic rings. The van der Waals surface area contributed by atoms with Crippen molar-refractivity contribution in [2.45, 2.75) is 6.54 Å². The van der Waals surface area contributed by atoms with Crippen molar-refractivity contribution in [1.82, 2.24) is 0 Å². The highest BCUT2D eigenvalue weighted by Gasteiger charge is 2.06. The van der Waals surface area contributed by atoms with E-state index in [1.807, 2.05) is 0 Å². The third-order valence-electron chi connectivity index (χ3n) is 1.50. The topological polar surface area (TPSA) is 0 Å². The number of benzene rings is 1. The number of rotatable bonds is 2. The Morgan fingerprint density at radius 1 is 1.00 bits per heavy atom. The Morgan fingerprint density at radius 2 is 1.43 bits per heavy atom. The van der Waals surface area contributed by atoms with Crippen LogP contribution < -0.4 is 0 Å². The maximum absolute atomic E-state index is 3.00. The SMILES string of the molecule is C=C.C[N+](C)(C)Cc1ccccc1.Cl. The summed E-state index contributed by atoms with van der Waals surface area (Å²) in [5, 5.41) is 0.